The summed E-state index contributed by atoms with van der Waals surface area (Å²) in [6.07, 6.45) is 2.77. The van der Waals surface area contributed by atoms with Crippen molar-refractivity contribution < 1.29 is 9.59 Å². The van der Waals surface area contributed by atoms with Gasteiger partial charge in [-0.25, -0.2) is 0 Å². The maximum Gasteiger partial charge on any atom is 0.235 e. The molecule has 2 rings (SSSR count). The number of hydrogen-bond donors (Lipinski definition) is 2. The number of carbonyl (C=O) groups is 2. The fraction of sp³-hybridized carbons (Fsp3) is 0.500. The van der Waals surface area contributed by atoms with Gasteiger partial charge in [0.15, 0.2) is 0 Å². The maximum atomic E-state index is 12.4. The molecule has 21 heavy (non-hydrogen) atoms. The zero-order valence-electron chi connectivity index (χ0n) is 12.1. The zero-order chi connectivity index (χ0) is 15.2. The number of piperidine rings is 1. The van der Waals surface area contributed by atoms with Crippen molar-refractivity contribution in [3.8, 4) is 0 Å². The molecule has 5 heteroatoms. The van der Waals surface area contributed by atoms with Gasteiger partial charge < -0.3 is 10.6 Å². The van der Waals surface area contributed by atoms with E-state index in [-0.39, 0.29) is 17.1 Å². The van der Waals surface area contributed by atoms with Crippen molar-refractivity contribution in [1.29, 1.82) is 0 Å². The third-order valence-electron chi connectivity index (χ3n) is 3.97. The zero-order valence-corrected chi connectivity index (χ0v) is 13.0. The second-order valence-corrected chi connectivity index (χ2v) is 6.27. The van der Waals surface area contributed by atoms with Gasteiger partial charge in [0, 0.05) is 19.5 Å². The van der Waals surface area contributed by atoms with Crippen LogP contribution in [0.5, 0.6) is 0 Å². The standard InChI is InChI=1S/C16H22N2O2S/c17-15(19)11-13-6-8-18(9-7-13)16(20)14(21)10-12-4-2-1-3-5-12/h1-5,13-14,21H,6-11H2,(H2,17,19). The summed E-state index contributed by atoms with van der Waals surface area (Å²) in [4.78, 5) is 25.2. The molecule has 0 aliphatic carbocycles. The first-order valence-corrected chi connectivity index (χ1v) is 7.87. The molecule has 1 heterocycles. The van der Waals surface area contributed by atoms with E-state index >= 15 is 0 Å². The van der Waals surface area contributed by atoms with Crippen molar-refractivity contribution in [3.05, 3.63) is 35.9 Å². The number of carbonyl (C=O) groups excluding carboxylic acids is 2. The highest BCUT2D eigenvalue weighted by molar-refractivity contribution is 7.81. The molecule has 0 aromatic heterocycles. The highest BCUT2D eigenvalue weighted by Crippen LogP contribution is 2.22. The average Bonchev–Trinajstić information content (AvgIpc) is 2.47. The predicted octanol–water partition coefficient (Wildman–Crippen LogP) is 1.64. The molecule has 0 radical (unpaired) electrons. The second-order valence-electron chi connectivity index (χ2n) is 5.64. The Hall–Kier alpha value is -1.49. The Morgan fingerprint density at radius 2 is 1.86 bits per heavy atom. The number of rotatable bonds is 5. The summed E-state index contributed by atoms with van der Waals surface area (Å²) in [5.74, 6) is 0.148. The molecule has 1 atom stereocenters. The average molecular weight is 306 g/mol. The van der Waals surface area contributed by atoms with Crippen LogP contribution in [0, 0.1) is 5.92 Å². The molecule has 114 valence electrons. The predicted molar refractivity (Wildman–Crippen MR) is 86.0 cm³/mol. The number of nitrogens with zero attached hydrogens (tertiary/aromatic N) is 1. The smallest absolute Gasteiger partial charge is 0.235 e. The summed E-state index contributed by atoms with van der Waals surface area (Å²) in [6, 6.07) is 9.92. The van der Waals surface area contributed by atoms with Gasteiger partial charge in [-0.05, 0) is 30.7 Å². The summed E-state index contributed by atoms with van der Waals surface area (Å²) in [6.45, 7) is 1.39. The van der Waals surface area contributed by atoms with E-state index in [9.17, 15) is 9.59 Å². The molecule has 1 aromatic rings. The SMILES string of the molecule is NC(=O)CC1CCN(C(=O)C(S)Cc2ccccc2)CC1. The van der Waals surface area contributed by atoms with Crippen LogP contribution in [0.25, 0.3) is 0 Å². The van der Waals surface area contributed by atoms with Gasteiger partial charge in [-0.15, -0.1) is 0 Å². The van der Waals surface area contributed by atoms with Gasteiger partial charge in [-0.3, -0.25) is 9.59 Å². The Kier molecular flexibility index (Phi) is 5.67. The lowest BCUT2D eigenvalue weighted by molar-refractivity contribution is -0.132. The minimum atomic E-state index is -0.305. The molecule has 0 saturated carbocycles. The molecule has 0 bridgehead atoms. The largest absolute Gasteiger partial charge is 0.370 e. The summed E-state index contributed by atoms with van der Waals surface area (Å²) < 4.78 is 0. The van der Waals surface area contributed by atoms with E-state index < -0.39 is 0 Å². The lowest BCUT2D eigenvalue weighted by Crippen LogP contribution is -2.43. The van der Waals surface area contributed by atoms with Crippen LogP contribution in [-0.2, 0) is 16.0 Å². The number of benzene rings is 1. The van der Waals surface area contributed by atoms with Crippen LogP contribution in [0.3, 0.4) is 0 Å². The van der Waals surface area contributed by atoms with Crippen molar-refractivity contribution in [1.82, 2.24) is 4.90 Å². The van der Waals surface area contributed by atoms with Gasteiger partial charge in [0.05, 0.1) is 5.25 Å². The van der Waals surface area contributed by atoms with Gasteiger partial charge in [0.2, 0.25) is 11.8 Å². The molecule has 1 fully saturated rings. The summed E-state index contributed by atoms with van der Waals surface area (Å²) in [5.41, 5.74) is 6.34. The summed E-state index contributed by atoms with van der Waals surface area (Å²) in [5, 5.41) is -0.305. The Labute approximate surface area is 131 Å². The molecule has 0 spiro atoms. The van der Waals surface area contributed by atoms with Gasteiger partial charge in [-0.2, -0.15) is 12.6 Å². The van der Waals surface area contributed by atoms with Crippen molar-refractivity contribution >= 4 is 24.4 Å². The van der Waals surface area contributed by atoms with Crippen LogP contribution in [0.4, 0.5) is 0 Å². The minimum Gasteiger partial charge on any atom is -0.370 e. The Morgan fingerprint density at radius 3 is 2.43 bits per heavy atom. The normalized spacial score (nSPS) is 17.5. The summed E-state index contributed by atoms with van der Waals surface area (Å²) in [7, 11) is 0. The van der Waals surface area contributed by atoms with Crippen molar-refractivity contribution in [2.24, 2.45) is 11.7 Å². The fourth-order valence-electron chi connectivity index (χ4n) is 2.78. The molecule has 2 amide bonds. The van der Waals surface area contributed by atoms with E-state index in [1.165, 1.54) is 0 Å². The Balaban J connectivity index is 1.82. The van der Waals surface area contributed by atoms with E-state index in [0.717, 1.165) is 18.4 Å². The third-order valence-corrected chi connectivity index (χ3v) is 4.38. The van der Waals surface area contributed by atoms with E-state index in [1.54, 1.807) is 0 Å². The van der Waals surface area contributed by atoms with E-state index in [2.05, 4.69) is 12.6 Å². The molecular weight excluding hydrogens is 284 g/mol. The molecular formula is C16H22N2O2S. The molecule has 4 nitrogen and oxygen atoms in total. The molecule has 1 aromatic carbocycles. The molecule has 1 aliphatic heterocycles. The quantitative estimate of drug-likeness (QED) is 0.812. The van der Waals surface area contributed by atoms with Crippen molar-refractivity contribution in [2.45, 2.75) is 30.9 Å². The molecule has 2 N–H and O–H groups in total. The molecule has 1 unspecified atom stereocenters. The third kappa shape index (κ3) is 4.77. The van der Waals surface area contributed by atoms with Crippen molar-refractivity contribution in [3.63, 3.8) is 0 Å². The first-order valence-electron chi connectivity index (χ1n) is 7.35. The highest BCUT2D eigenvalue weighted by atomic mass is 32.1. The second kappa shape index (κ2) is 7.50. The van der Waals surface area contributed by atoms with Crippen LogP contribution >= 0.6 is 12.6 Å². The minimum absolute atomic E-state index is 0.0831. The van der Waals surface area contributed by atoms with Crippen LogP contribution in [-0.4, -0.2) is 35.1 Å². The number of primary amides is 1. The van der Waals surface area contributed by atoms with Crippen LogP contribution < -0.4 is 5.73 Å². The van der Waals surface area contributed by atoms with Gasteiger partial charge in [-0.1, -0.05) is 30.3 Å². The Bertz CT molecular complexity index is 484. The number of likely N-dealkylation sites (tertiary alicyclic amines) is 1. The number of nitrogens with two attached hydrogens (primary N) is 1. The lowest BCUT2D eigenvalue weighted by atomic mass is 9.93. The number of amides is 2. The highest BCUT2D eigenvalue weighted by Gasteiger charge is 2.27. The van der Waals surface area contributed by atoms with Crippen LogP contribution in [0.15, 0.2) is 30.3 Å². The topological polar surface area (TPSA) is 63.4 Å². The van der Waals surface area contributed by atoms with Gasteiger partial charge in [0.25, 0.3) is 0 Å². The van der Waals surface area contributed by atoms with Crippen LogP contribution in [0.1, 0.15) is 24.8 Å². The van der Waals surface area contributed by atoms with Gasteiger partial charge >= 0.3 is 0 Å². The van der Waals surface area contributed by atoms with E-state index in [4.69, 9.17) is 5.73 Å². The molecule has 1 saturated heterocycles. The fourth-order valence-corrected chi connectivity index (χ4v) is 3.15. The van der Waals surface area contributed by atoms with E-state index in [1.807, 2.05) is 35.2 Å². The van der Waals surface area contributed by atoms with Crippen LogP contribution in [0.2, 0.25) is 0 Å². The number of thiol groups is 1. The first kappa shape index (κ1) is 15.9. The lowest BCUT2D eigenvalue weighted by Gasteiger charge is -2.33. The summed E-state index contributed by atoms with van der Waals surface area (Å²) >= 11 is 4.46. The number of hydrogen-bond acceptors (Lipinski definition) is 3. The van der Waals surface area contributed by atoms with Crippen molar-refractivity contribution in [2.75, 3.05) is 13.1 Å². The Morgan fingerprint density at radius 1 is 1.24 bits per heavy atom. The van der Waals surface area contributed by atoms with Gasteiger partial charge in [0.1, 0.15) is 0 Å². The van der Waals surface area contributed by atoms with E-state index in [0.29, 0.717) is 31.8 Å². The maximum absolute atomic E-state index is 12.4. The molecule has 1 aliphatic rings. The monoisotopic (exact) mass is 306 g/mol. The first-order chi connectivity index (χ1) is 10.1.